The molecule has 1 aromatic carbocycles. The van der Waals surface area contributed by atoms with E-state index in [1.54, 1.807) is 0 Å². The molecule has 0 aliphatic carbocycles. The molecule has 3 atom stereocenters. The van der Waals surface area contributed by atoms with Crippen molar-refractivity contribution in [3.63, 3.8) is 0 Å². The summed E-state index contributed by atoms with van der Waals surface area (Å²) in [6, 6.07) is 11.1. The summed E-state index contributed by atoms with van der Waals surface area (Å²) in [5.74, 6) is 1.59. The number of fused-ring (bicyclic) bond motifs is 2. The maximum absolute atomic E-state index is 12.4. The zero-order chi connectivity index (χ0) is 21.6. The molecule has 32 heavy (non-hydrogen) atoms. The molecule has 2 saturated heterocycles. The molecule has 2 N–H and O–H groups in total. The van der Waals surface area contributed by atoms with Gasteiger partial charge in [-0.15, -0.1) is 12.4 Å². The zero-order valence-electron chi connectivity index (χ0n) is 19.3. The minimum absolute atomic E-state index is 0. The summed E-state index contributed by atoms with van der Waals surface area (Å²) in [4.78, 5) is 19.2. The standard InChI is InChI=1S/C26H36N4O.ClH/c1-19-8-9-20(2)23(11-19)15-29-26(31)7-3-6-25-24-12-22(14-28-25)17-30(18-24)16-21-5-4-10-27-13-21;/h4-5,8-11,13,22,24-25,28H,3,6-7,12,14-18H2,1-2H3,(H,29,31);1H/t22-,24-,25+;/m0./s1. The second kappa shape index (κ2) is 11.8. The number of hydrogen-bond acceptors (Lipinski definition) is 4. The summed E-state index contributed by atoms with van der Waals surface area (Å²) < 4.78 is 0. The number of benzene rings is 1. The highest BCUT2D eigenvalue weighted by atomic mass is 35.5. The van der Waals surface area contributed by atoms with Crippen LogP contribution in [0.15, 0.2) is 42.7 Å². The minimum Gasteiger partial charge on any atom is -0.352 e. The van der Waals surface area contributed by atoms with Crippen molar-refractivity contribution >= 4 is 18.3 Å². The molecule has 2 aromatic rings. The summed E-state index contributed by atoms with van der Waals surface area (Å²) in [6.45, 7) is 9.23. The van der Waals surface area contributed by atoms with Gasteiger partial charge in [-0.3, -0.25) is 14.7 Å². The Bertz CT molecular complexity index is 875. The van der Waals surface area contributed by atoms with Crippen LogP contribution in [0.4, 0.5) is 0 Å². The lowest BCUT2D eigenvalue weighted by molar-refractivity contribution is -0.121. The van der Waals surface area contributed by atoms with Crippen molar-refractivity contribution in [2.24, 2.45) is 11.8 Å². The molecule has 2 aliphatic rings. The van der Waals surface area contributed by atoms with E-state index in [1.807, 2.05) is 18.5 Å². The molecule has 3 heterocycles. The topological polar surface area (TPSA) is 57.3 Å². The fraction of sp³-hybridized carbons (Fsp3) is 0.538. The van der Waals surface area contributed by atoms with Gasteiger partial charge in [-0.1, -0.05) is 29.8 Å². The Morgan fingerprint density at radius 1 is 1.25 bits per heavy atom. The third kappa shape index (κ3) is 6.77. The maximum atomic E-state index is 12.4. The highest BCUT2D eigenvalue weighted by molar-refractivity contribution is 5.85. The van der Waals surface area contributed by atoms with E-state index in [0.29, 0.717) is 24.9 Å². The van der Waals surface area contributed by atoms with Gasteiger partial charge in [0.05, 0.1) is 0 Å². The van der Waals surface area contributed by atoms with Gasteiger partial charge < -0.3 is 10.6 Å². The molecule has 1 aromatic heterocycles. The SMILES string of the molecule is Cc1ccc(C)c(CNC(=O)CCC[C@H]2NC[C@@H]3C[C@H]2CN(Cc2cccnc2)C3)c1.Cl. The summed E-state index contributed by atoms with van der Waals surface area (Å²) in [5.41, 5.74) is 4.98. The second-order valence-electron chi connectivity index (χ2n) is 9.53. The average Bonchev–Trinajstić information content (AvgIpc) is 2.76. The summed E-state index contributed by atoms with van der Waals surface area (Å²) in [7, 11) is 0. The Hall–Kier alpha value is -1.95. The predicted molar refractivity (Wildman–Crippen MR) is 132 cm³/mol. The molecule has 2 bridgehead atoms. The fourth-order valence-corrected chi connectivity index (χ4v) is 5.24. The van der Waals surface area contributed by atoms with Gasteiger partial charge in [-0.25, -0.2) is 0 Å². The highest BCUT2D eigenvalue weighted by Gasteiger charge is 2.36. The number of likely N-dealkylation sites (tertiary alicyclic amines) is 1. The van der Waals surface area contributed by atoms with Crippen LogP contribution in [0.5, 0.6) is 0 Å². The number of amides is 1. The van der Waals surface area contributed by atoms with E-state index in [1.165, 1.54) is 35.2 Å². The van der Waals surface area contributed by atoms with Crippen LogP contribution in [0.2, 0.25) is 0 Å². The summed E-state index contributed by atoms with van der Waals surface area (Å²) >= 11 is 0. The number of nitrogens with zero attached hydrogens (tertiary/aromatic N) is 2. The Morgan fingerprint density at radius 2 is 2.12 bits per heavy atom. The van der Waals surface area contributed by atoms with E-state index in [4.69, 9.17) is 0 Å². The van der Waals surface area contributed by atoms with Gasteiger partial charge >= 0.3 is 0 Å². The van der Waals surface area contributed by atoms with E-state index >= 15 is 0 Å². The number of carbonyl (C=O) groups is 1. The van der Waals surface area contributed by atoms with Gasteiger partial charge in [0.1, 0.15) is 0 Å². The van der Waals surface area contributed by atoms with E-state index in [-0.39, 0.29) is 18.3 Å². The molecule has 6 heteroatoms. The van der Waals surface area contributed by atoms with E-state index in [2.05, 4.69) is 58.6 Å². The van der Waals surface area contributed by atoms with Gasteiger partial charge in [0, 0.05) is 51.0 Å². The number of rotatable bonds is 8. The molecule has 4 rings (SSSR count). The Labute approximate surface area is 198 Å². The zero-order valence-corrected chi connectivity index (χ0v) is 20.2. The largest absolute Gasteiger partial charge is 0.352 e. The Balaban J connectivity index is 0.00000289. The number of aromatic nitrogens is 1. The van der Waals surface area contributed by atoms with Crippen LogP contribution in [0.25, 0.3) is 0 Å². The minimum atomic E-state index is 0. The third-order valence-corrected chi connectivity index (χ3v) is 6.91. The van der Waals surface area contributed by atoms with Crippen LogP contribution >= 0.6 is 12.4 Å². The first kappa shape index (κ1) is 24.7. The van der Waals surface area contributed by atoms with Crippen molar-refractivity contribution in [3.05, 3.63) is 65.0 Å². The maximum Gasteiger partial charge on any atom is 0.220 e. The molecule has 5 nitrogen and oxygen atoms in total. The number of hydrogen-bond donors (Lipinski definition) is 2. The summed E-state index contributed by atoms with van der Waals surface area (Å²) in [6.07, 6.45) is 7.78. The predicted octanol–water partition coefficient (Wildman–Crippen LogP) is 4.02. The average molecular weight is 457 g/mol. The van der Waals surface area contributed by atoms with Gasteiger partial charge in [0.2, 0.25) is 5.91 Å². The lowest BCUT2D eigenvalue weighted by Gasteiger charge is -2.46. The molecular formula is C26H37ClN4O. The van der Waals surface area contributed by atoms with E-state index < -0.39 is 0 Å². The van der Waals surface area contributed by atoms with Gasteiger partial charge in [-0.05, 0) is 74.2 Å². The number of aryl methyl sites for hydroxylation is 2. The molecule has 0 spiro atoms. The number of nitrogens with one attached hydrogen (secondary N) is 2. The number of halogens is 1. The first-order valence-electron chi connectivity index (χ1n) is 11.7. The first-order chi connectivity index (χ1) is 15.1. The number of carbonyl (C=O) groups excluding carboxylic acids is 1. The lowest BCUT2D eigenvalue weighted by atomic mass is 9.79. The summed E-state index contributed by atoms with van der Waals surface area (Å²) in [5, 5.41) is 6.89. The van der Waals surface area contributed by atoms with Crippen molar-refractivity contribution in [1.82, 2.24) is 20.5 Å². The smallest absolute Gasteiger partial charge is 0.220 e. The molecule has 2 fully saturated rings. The molecule has 0 radical (unpaired) electrons. The van der Waals surface area contributed by atoms with Gasteiger partial charge in [0.25, 0.3) is 0 Å². The lowest BCUT2D eigenvalue weighted by Crippen LogP contribution is -2.55. The number of pyridine rings is 1. The fourth-order valence-electron chi connectivity index (χ4n) is 5.24. The molecule has 0 saturated carbocycles. The molecule has 0 unspecified atom stereocenters. The van der Waals surface area contributed by atoms with Gasteiger partial charge in [-0.2, -0.15) is 0 Å². The monoisotopic (exact) mass is 456 g/mol. The van der Waals surface area contributed by atoms with Crippen LogP contribution in [0.1, 0.15) is 47.9 Å². The van der Waals surface area contributed by atoms with Crippen LogP contribution in [-0.4, -0.2) is 41.5 Å². The molecule has 1 amide bonds. The first-order valence-corrected chi connectivity index (χ1v) is 11.7. The number of piperidine rings is 2. The van der Waals surface area contributed by atoms with Crippen molar-refractivity contribution in [2.45, 2.75) is 58.7 Å². The van der Waals surface area contributed by atoms with Crippen LogP contribution in [0.3, 0.4) is 0 Å². The molecular weight excluding hydrogens is 420 g/mol. The van der Waals surface area contributed by atoms with Crippen molar-refractivity contribution in [1.29, 1.82) is 0 Å². The van der Waals surface area contributed by atoms with Crippen LogP contribution in [0, 0.1) is 25.7 Å². The van der Waals surface area contributed by atoms with E-state index in [9.17, 15) is 4.79 Å². The quantitative estimate of drug-likeness (QED) is 0.630. The van der Waals surface area contributed by atoms with Gasteiger partial charge in [0.15, 0.2) is 0 Å². The second-order valence-corrected chi connectivity index (χ2v) is 9.53. The van der Waals surface area contributed by atoms with Crippen molar-refractivity contribution in [3.8, 4) is 0 Å². The Morgan fingerprint density at radius 3 is 2.94 bits per heavy atom. The van der Waals surface area contributed by atoms with Crippen molar-refractivity contribution in [2.75, 3.05) is 19.6 Å². The third-order valence-electron chi connectivity index (χ3n) is 6.91. The normalized spacial score (nSPS) is 22.8. The van der Waals surface area contributed by atoms with Crippen LogP contribution < -0.4 is 10.6 Å². The van der Waals surface area contributed by atoms with Crippen molar-refractivity contribution < 1.29 is 4.79 Å². The molecule has 174 valence electrons. The van der Waals surface area contributed by atoms with Crippen LogP contribution in [-0.2, 0) is 17.9 Å². The molecule has 2 aliphatic heterocycles. The highest BCUT2D eigenvalue weighted by Crippen LogP contribution is 2.31. The van der Waals surface area contributed by atoms with E-state index in [0.717, 1.165) is 38.4 Å². The Kier molecular flexibility index (Phi) is 9.09.